The summed E-state index contributed by atoms with van der Waals surface area (Å²) in [6.07, 6.45) is 4.74. The molecule has 19 heavy (non-hydrogen) atoms. The molecule has 0 bridgehead atoms. The topological polar surface area (TPSA) is 24.9 Å². The minimum absolute atomic E-state index is 0.303. The molecule has 2 rings (SSSR count). The molecule has 1 unspecified atom stereocenters. The van der Waals surface area contributed by atoms with E-state index in [1.54, 1.807) is 0 Å². The number of nitrogens with one attached hydrogen (secondary N) is 1. The van der Waals surface area contributed by atoms with Gasteiger partial charge in [0.15, 0.2) is 0 Å². The van der Waals surface area contributed by atoms with Gasteiger partial charge in [0.05, 0.1) is 0 Å². The zero-order valence-corrected chi connectivity index (χ0v) is 12.9. The summed E-state index contributed by atoms with van der Waals surface area (Å²) in [6, 6.07) is 11.1. The smallest absolute Gasteiger partial charge is 0.0410 e. The SMILES string of the molecule is CCNC(Cc1cccc(C)c1)c1cncc(Br)c1. The summed E-state index contributed by atoms with van der Waals surface area (Å²) in [5.74, 6) is 0. The molecule has 1 N–H and O–H groups in total. The van der Waals surface area contributed by atoms with Crippen molar-refractivity contribution in [1.29, 1.82) is 0 Å². The first-order valence-corrected chi connectivity index (χ1v) is 7.37. The fourth-order valence-corrected chi connectivity index (χ4v) is 2.63. The van der Waals surface area contributed by atoms with E-state index >= 15 is 0 Å². The van der Waals surface area contributed by atoms with E-state index in [-0.39, 0.29) is 0 Å². The van der Waals surface area contributed by atoms with Crippen molar-refractivity contribution in [1.82, 2.24) is 10.3 Å². The molecule has 2 aromatic rings. The van der Waals surface area contributed by atoms with Crippen LogP contribution in [0.5, 0.6) is 0 Å². The van der Waals surface area contributed by atoms with Crippen LogP contribution >= 0.6 is 15.9 Å². The third kappa shape index (κ3) is 4.15. The maximum atomic E-state index is 4.26. The van der Waals surface area contributed by atoms with Crippen molar-refractivity contribution in [3.05, 3.63) is 63.9 Å². The predicted octanol–water partition coefficient (Wildman–Crippen LogP) is 4.05. The van der Waals surface area contributed by atoms with Gasteiger partial charge in [-0.25, -0.2) is 0 Å². The third-order valence-corrected chi connectivity index (χ3v) is 3.53. The molecule has 0 fully saturated rings. The summed E-state index contributed by atoms with van der Waals surface area (Å²) in [5, 5.41) is 3.53. The Labute approximate surface area is 123 Å². The molecule has 2 nitrogen and oxygen atoms in total. The number of rotatable bonds is 5. The standard InChI is InChI=1S/C16H19BrN2/c1-3-19-16(14-9-15(17)11-18-10-14)8-13-6-4-5-12(2)7-13/h4-7,9-11,16,19H,3,8H2,1-2H3. The summed E-state index contributed by atoms with van der Waals surface area (Å²) in [4.78, 5) is 4.26. The highest BCUT2D eigenvalue weighted by Gasteiger charge is 2.12. The van der Waals surface area contributed by atoms with E-state index in [0.29, 0.717) is 6.04 Å². The van der Waals surface area contributed by atoms with Gasteiger partial charge in [0.1, 0.15) is 0 Å². The Morgan fingerprint density at radius 3 is 2.79 bits per heavy atom. The normalized spacial score (nSPS) is 12.4. The van der Waals surface area contributed by atoms with Gasteiger partial charge in [-0.1, -0.05) is 36.8 Å². The third-order valence-electron chi connectivity index (χ3n) is 3.10. The molecule has 1 heterocycles. The molecule has 0 aliphatic carbocycles. The molecule has 0 radical (unpaired) electrons. The van der Waals surface area contributed by atoms with Crippen LogP contribution in [0.25, 0.3) is 0 Å². The highest BCUT2D eigenvalue weighted by Crippen LogP contribution is 2.21. The van der Waals surface area contributed by atoms with E-state index in [1.807, 2.05) is 12.4 Å². The average Bonchev–Trinajstić information content (AvgIpc) is 2.38. The van der Waals surface area contributed by atoms with E-state index in [2.05, 4.69) is 70.4 Å². The minimum Gasteiger partial charge on any atom is -0.310 e. The van der Waals surface area contributed by atoms with E-state index < -0.39 is 0 Å². The van der Waals surface area contributed by atoms with Crippen molar-refractivity contribution in [2.24, 2.45) is 0 Å². The van der Waals surface area contributed by atoms with Crippen molar-refractivity contribution in [2.75, 3.05) is 6.54 Å². The number of halogens is 1. The van der Waals surface area contributed by atoms with Crippen LogP contribution in [0.15, 0.2) is 47.2 Å². The van der Waals surface area contributed by atoms with Crippen LogP contribution in [0, 0.1) is 6.92 Å². The highest BCUT2D eigenvalue weighted by molar-refractivity contribution is 9.10. The Kier molecular flexibility index (Phi) is 5.11. The number of pyridine rings is 1. The maximum absolute atomic E-state index is 4.26. The van der Waals surface area contributed by atoms with E-state index in [4.69, 9.17) is 0 Å². The number of likely N-dealkylation sites (N-methyl/N-ethyl adjacent to an activating group) is 1. The molecule has 1 aromatic carbocycles. The number of nitrogens with zero attached hydrogens (tertiary/aromatic N) is 1. The lowest BCUT2D eigenvalue weighted by Gasteiger charge is -2.18. The molecule has 0 saturated heterocycles. The van der Waals surface area contributed by atoms with Gasteiger partial charge >= 0.3 is 0 Å². The van der Waals surface area contributed by atoms with Gasteiger partial charge in [0.2, 0.25) is 0 Å². The molecule has 0 saturated carbocycles. The second-order valence-electron chi connectivity index (χ2n) is 4.74. The quantitative estimate of drug-likeness (QED) is 0.899. The summed E-state index contributed by atoms with van der Waals surface area (Å²) >= 11 is 3.49. The lowest BCUT2D eigenvalue weighted by Crippen LogP contribution is -2.23. The van der Waals surface area contributed by atoms with Gasteiger partial charge in [0.25, 0.3) is 0 Å². The van der Waals surface area contributed by atoms with Crippen molar-refractivity contribution >= 4 is 15.9 Å². The summed E-state index contributed by atoms with van der Waals surface area (Å²) in [5.41, 5.74) is 3.88. The summed E-state index contributed by atoms with van der Waals surface area (Å²) in [6.45, 7) is 5.21. The molecule has 1 aromatic heterocycles. The van der Waals surface area contributed by atoms with Crippen LogP contribution in [0.3, 0.4) is 0 Å². The van der Waals surface area contributed by atoms with Crippen LogP contribution < -0.4 is 5.32 Å². The van der Waals surface area contributed by atoms with Crippen molar-refractivity contribution in [3.8, 4) is 0 Å². The molecule has 100 valence electrons. The average molecular weight is 319 g/mol. The Bertz CT molecular complexity index is 540. The molecular weight excluding hydrogens is 300 g/mol. The molecule has 3 heteroatoms. The fraction of sp³-hybridized carbons (Fsp3) is 0.312. The molecule has 0 aliphatic heterocycles. The second-order valence-corrected chi connectivity index (χ2v) is 5.66. The van der Waals surface area contributed by atoms with E-state index in [9.17, 15) is 0 Å². The minimum atomic E-state index is 0.303. The van der Waals surface area contributed by atoms with Crippen molar-refractivity contribution in [2.45, 2.75) is 26.3 Å². The Morgan fingerprint density at radius 2 is 2.11 bits per heavy atom. The Balaban J connectivity index is 2.21. The van der Waals surface area contributed by atoms with Gasteiger partial charge in [-0.3, -0.25) is 4.98 Å². The zero-order valence-electron chi connectivity index (χ0n) is 11.4. The largest absolute Gasteiger partial charge is 0.310 e. The number of hydrogen-bond donors (Lipinski definition) is 1. The van der Waals surface area contributed by atoms with Crippen LogP contribution in [0.2, 0.25) is 0 Å². The zero-order chi connectivity index (χ0) is 13.7. The predicted molar refractivity (Wildman–Crippen MR) is 83.2 cm³/mol. The highest BCUT2D eigenvalue weighted by atomic mass is 79.9. The monoisotopic (exact) mass is 318 g/mol. The summed E-state index contributed by atoms with van der Waals surface area (Å²) < 4.78 is 1.03. The van der Waals surface area contributed by atoms with Gasteiger partial charge in [-0.05, 0) is 53.0 Å². The van der Waals surface area contributed by atoms with Crippen LogP contribution in [0.4, 0.5) is 0 Å². The Morgan fingerprint density at radius 1 is 1.26 bits per heavy atom. The number of hydrogen-bond acceptors (Lipinski definition) is 2. The molecule has 0 aliphatic rings. The number of aryl methyl sites for hydroxylation is 1. The van der Waals surface area contributed by atoms with Gasteiger partial charge < -0.3 is 5.32 Å². The van der Waals surface area contributed by atoms with E-state index in [1.165, 1.54) is 16.7 Å². The molecule has 0 spiro atoms. The summed E-state index contributed by atoms with van der Waals surface area (Å²) in [7, 11) is 0. The first-order valence-electron chi connectivity index (χ1n) is 6.58. The van der Waals surface area contributed by atoms with Crippen LogP contribution in [-0.4, -0.2) is 11.5 Å². The first kappa shape index (κ1) is 14.2. The first-order chi connectivity index (χ1) is 9.19. The molecular formula is C16H19BrN2. The van der Waals surface area contributed by atoms with Gasteiger partial charge in [0, 0.05) is 22.9 Å². The maximum Gasteiger partial charge on any atom is 0.0410 e. The number of benzene rings is 1. The van der Waals surface area contributed by atoms with E-state index in [0.717, 1.165) is 17.4 Å². The van der Waals surface area contributed by atoms with Crippen LogP contribution in [0.1, 0.15) is 29.7 Å². The van der Waals surface area contributed by atoms with Crippen molar-refractivity contribution < 1.29 is 0 Å². The molecule has 0 amide bonds. The lowest BCUT2D eigenvalue weighted by atomic mass is 9.99. The van der Waals surface area contributed by atoms with Crippen molar-refractivity contribution in [3.63, 3.8) is 0 Å². The lowest BCUT2D eigenvalue weighted by molar-refractivity contribution is 0.548. The number of aromatic nitrogens is 1. The fourth-order valence-electron chi connectivity index (χ4n) is 2.25. The second kappa shape index (κ2) is 6.83. The van der Waals surface area contributed by atoms with Crippen LogP contribution in [-0.2, 0) is 6.42 Å². The van der Waals surface area contributed by atoms with Gasteiger partial charge in [-0.15, -0.1) is 0 Å². The Hall–Kier alpha value is -1.19. The van der Waals surface area contributed by atoms with Gasteiger partial charge in [-0.2, -0.15) is 0 Å². The molecule has 1 atom stereocenters.